The Balaban J connectivity index is 1.89. The Bertz CT molecular complexity index is 1120. The van der Waals surface area contributed by atoms with Gasteiger partial charge >= 0.3 is 12.4 Å². The van der Waals surface area contributed by atoms with Crippen molar-refractivity contribution in [1.29, 1.82) is 0 Å². The van der Waals surface area contributed by atoms with Crippen molar-refractivity contribution in [1.82, 2.24) is 0 Å². The van der Waals surface area contributed by atoms with Gasteiger partial charge in [0.15, 0.2) is 0 Å². The number of benzene rings is 2. The molecule has 0 saturated carbocycles. The zero-order valence-corrected chi connectivity index (χ0v) is 21.3. The highest BCUT2D eigenvalue weighted by molar-refractivity contribution is 9.10. The molecule has 0 spiro atoms. The minimum atomic E-state index is -4.51. The molecule has 0 nitrogen and oxygen atoms in total. The number of fused-ring (bicyclic) bond motifs is 2. The van der Waals surface area contributed by atoms with Crippen molar-refractivity contribution in [3.05, 3.63) is 77.7 Å². The van der Waals surface area contributed by atoms with Gasteiger partial charge in [-0.25, -0.2) is 0 Å². The van der Waals surface area contributed by atoms with Gasteiger partial charge in [0.05, 0.1) is 11.1 Å². The third kappa shape index (κ3) is 4.01. The molecule has 0 bridgehead atoms. The Morgan fingerprint density at radius 1 is 0.636 bits per heavy atom. The fourth-order valence-corrected chi connectivity index (χ4v) is 6.82. The van der Waals surface area contributed by atoms with Gasteiger partial charge in [-0.3, -0.25) is 0 Å². The quantitative estimate of drug-likeness (QED) is 0.304. The summed E-state index contributed by atoms with van der Waals surface area (Å²) in [5.74, 6) is -0.808. The van der Waals surface area contributed by atoms with Crippen LogP contribution in [0.2, 0.25) is 0 Å². The van der Waals surface area contributed by atoms with Crippen molar-refractivity contribution in [2.24, 2.45) is 5.41 Å². The smallest absolute Gasteiger partial charge is 0.166 e. The summed E-state index contributed by atoms with van der Waals surface area (Å²) in [6.07, 6.45) is -5.29. The van der Waals surface area contributed by atoms with E-state index >= 15 is 0 Å². The summed E-state index contributed by atoms with van der Waals surface area (Å²) in [7, 11) is 0. The molecular weight excluding hydrogens is 574 g/mol. The Morgan fingerprint density at radius 2 is 0.970 bits per heavy atom. The highest BCUT2D eigenvalue weighted by Gasteiger charge is 2.47. The topological polar surface area (TPSA) is 0 Å². The van der Waals surface area contributed by atoms with Crippen molar-refractivity contribution in [2.75, 3.05) is 0 Å². The molecule has 0 amide bonds. The van der Waals surface area contributed by atoms with Gasteiger partial charge in [-0.15, -0.1) is 0 Å². The van der Waals surface area contributed by atoms with Crippen LogP contribution in [0.15, 0.2) is 44.4 Å². The van der Waals surface area contributed by atoms with Crippen LogP contribution in [0.25, 0.3) is 12.2 Å². The van der Waals surface area contributed by atoms with Crippen LogP contribution < -0.4 is 0 Å². The highest BCUT2D eigenvalue weighted by Crippen LogP contribution is 2.60. The van der Waals surface area contributed by atoms with E-state index in [1.54, 1.807) is 0 Å². The van der Waals surface area contributed by atoms with E-state index in [1.807, 2.05) is 39.8 Å². The van der Waals surface area contributed by atoms with Crippen LogP contribution in [0.3, 0.4) is 0 Å². The van der Waals surface area contributed by atoms with Crippen LogP contribution in [0.4, 0.5) is 26.3 Å². The Morgan fingerprint density at radius 3 is 1.27 bits per heavy atom. The molecule has 2 aromatic carbocycles. The Labute approximate surface area is 205 Å². The van der Waals surface area contributed by atoms with E-state index < -0.39 is 40.7 Å². The van der Waals surface area contributed by atoms with Crippen LogP contribution in [0.1, 0.15) is 72.9 Å². The second-order valence-corrected chi connectivity index (χ2v) is 11.1. The average Bonchev–Trinajstić information content (AvgIpc) is 3.17. The van der Waals surface area contributed by atoms with Crippen LogP contribution in [0, 0.1) is 5.41 Å². The lowest BCUT2D eigenvalue weighted by molar-refractivity contribution is -0.138. The van der Waals surface area contributed by atoms with Gasteiger partial charge in [0, 0.05) is 20.8 Å². The molecular formula is C25H20Br2F6. The zero-order valence-electron chi connectivity index (χ0n) is 18.1. The Kier molecular flexibility index (Phi) is 5.76. The fraction of sp³-hybridized carbons (Fsp3) is 0.360. The first-order valence-electron chi connectivity index (χ1n) is 10.2. The second kappa shape index (κ2) is 7.74. The third-order valence-corrected chi connectivity index (χ3v) is 8.05. The van der Waals surface area contributed by atoms with Crippen molar-refractivity contribution < 1.29 is 26.3 Å². The lowest BCUT2D eigenvalue weighted by Gasteiger charge is -2.41. The fourth-order valence-electron chi connectivity index (χ4n) is 5.64. The van der Waals surface area contributed by atoms with Gasteiger partial charge in [-0.05, 0) is 65.8 Å². The summed E-state index contributed by atoms with van der Waals surface area (Å²) in [4.78, 5) is 0. The molecule has 0 N–H and O–H groups in total. The summed E-state index contributed by atoms with van der Waals surface area (Å²) < 4.78 is 82.1. The van der Waals surface area contributed by atoms with E-state index in [4.69, 9.17) is 0 Å². The largest absolute Gasteiger partial charge is 0.416 e. The predicted molar refractivity (Wildman–Crippen MR) is 125 cm³/mol. The first kappa shape index (κ1) is 24.6. The molecule has 0 aliphatic heterocycles. The number of allylic oxidation sites excluding steroid dienone is 2. The van der Waals surface area contributed by atoms with Crippen LogP contribution in [-0.2, 0) is 12.4 Å². The normalized spacial score (nSPS) is 20.5. The number of alkyl halides is 6. The number of hydrogen-bond acceptors (Lipinski definition) is 0. The lowest BCUT2D eigenvalue weighted by atomic mass is 9.62. The van der Waals surface area contributed by atoms with Crippen molar-refractivity contribution in [3.63, 3.8) is 0 Å². The summed E-state index contributed by atoms with van der Waals surface area (Å²) in [5.41, 5.74) is 1.98. The van der Waals surface area contributed by atoms with Gasteiger partial charge in [-0.1, -0.05) is 69.0 Å². The van der Waals surface area contributed by atoms with Crippen molar-refractivity contribution in [2.45, 2.75) is 51.9 Å². The van der Waals surface area contributed by atoms with Gasteiger partial charge < -0.3 is 0 Å². The van der Waals surface area contributed by atoms with E-state index in [0.29, 0.717) is 31.2 Å². The first-order valence-corrected chi connectivity index (χ1v) is 11.8. The molecule has 2 aliphatic rings. The molecule has 0 radical (unpaired) electrons. The molecule has 2 aromatic rings. The second-order valence-electron chi connectivity index (χ2n) is 9.38. The number of hydrogen-bond donors (Lipinski definition) is 0. The molecule has 2 aliphatic carbocycles. The van der Waals surface area contributed by atoms with E-state index in [0.717, 1.165) is 23.3 Å². The molecule has 0 fully saturated rings. The standard InChI is InChI=1S/C25H20Br2F6/c1-11-5-15-17(7-13(9-19(15)26)24(28,29)30)21(11)23(3,4)22-12(2)6-16-18(22)8-14(10-20(16)27)25(31,32)33/h5-10,21-22H,1-4H3. The first-order chi connectivity index (χ1) is 15.0. The van der Waals surface area contributed by atoms with Gasteiger partial charge in [0.2, 0.25) is 0 Å². The number of rotatable bonds is 2. The van der Waals surface area contributed by atoms with E-state index in [2.05, 4.69) is 31.9 Å². The average molecular weight is 594 g/mol. The third-order valence-electron chi connectivity index (χ3n) is 6.74. The maximum Gasteiger partial charge on any atom is 0.416 e. The lowest BCUT2D eigenvalue weighted by Crippen LogP contribution is -2.30. The van der Waals surface area contributed by atoms with E-state index in [1.165, 1.54) is 12.1 Å². The summed E-state index contributed by atoms with van der Waals surface area (Å²) >= 11 is 6.57. The van der Waals surface area contributed by atoms with E-state index in [-0.39, 0.29) is 0 Å². The molecule has 176 valence electrons. The van der Waals surface area contributed by atoms with Crippen molar-refractivity contribution in [3.8, 4) is 0 Å². The minimum absolute atomic E-state index is 0.353. The van der Waals surface area contributed by atoms with Gasteiger partial charge in [-0.2, -0.15) is 26.3 Å². The highest BCUT2D eigenvalue weighted by atomic mass is 79.9. The summed E-state index contributed by atoms with van der Waals surface area (Å²) in [6.45, 7) is 7.57. The monoisotopic (exact) mass is 592 g/mol. The molecule has 0 saturated heterocycles. The summed E-state index contributed by atoms with van der Waals surface area (Å²) in [6, 6.07) is 4.49. The minimum Gasteiger partial charge on any atom is -0.166 e. The van der Waals surface area contributed by atoms with Crippen LogP contribution >= 0.6 is 31.9 Å². The van der Waals surface area contributed by atoms with E-state index in [9.17, 15) is 26.3 Å². The number of halogens is 8. The SMILES string of the molecule is CC1=Cc2c(Br)cc(C(F)(F)F)cc2C1C(C)(C)C1C(C)=Cc2c(Br)cc(C(F)(F)F)cc21. The zero-order chi connectivity index (χ0) is 24.7. The van der Waals surface area contributed by atoms with Crippen molar-refractivity contribution >= 4 is 44.0 Å². The van der Waals surface area contributed by atoms with Gasteiger partial charge in [0.1, 0.15) is 0 Å². The predicted octanol–water partition coefficient (Wildman–Crippen LogP) is 9.98. The molecule has 33 heavy (non-hydrogen) atoms. The van der Waals surface area contributed by atoms with Gasteiger partial charge in [0.25, 0.3) is 0 Å². The molecule has 0 aromatic heterocycles. The maximum atomic E-state index is 13.6. The molecule has 0 heterocycles. The molecule has 2 atom stereocenters. The molecule has 4 rings (SSSR count). The van der Waals surface area contributed by atoms with Crippen LogP contribution in [-0.4, -0.2) is 0 Å². The Hall–Kier alpha value is -1.54. The van der Waals surface area contributed by atoms with Crippen LogP contribution in [0.5, 0.6) is 0 Å². The maximum absolute atomic E-state index is 13.6. The molecule has 8 heteroatoms. The summed E-state index contributed by atoms with van der Waals surface area (Å²) in [5, 5.41) is 0. The molecule has 2 unspecified atom stereocenters.